The fraction of sp³-hybridized carbons (Fsp3) is 0.348. The van der Waals surface area contributed by atoms with Crippen LogP contribution in [-0.2, 0) is 12.8 Å². The van der Waals surface area contributed by atoms with Gasteiger partial charge in [0.2, 0.25) is 0 Å². The maximum Gasteiger partial charge on any atom is 0.279 e. The Morgan fingerprint density at radius 1 is 1.10 bits per heavy atom. The van der Waals surface area contributed by atoms with Crippen LogP contribution < -0.4 is 4.90 Å². The van der Waals surface area contributed by atoms with Crippen molar-refractivity contribution in [1.82, 2.24) is 14.8 Å². The summed E-state index contributed by atoms with van der Waals surface area (Å²) >= 11 is 6.07. The zero-order valence-electron chi connectivity index (χ0n) is 16.8. The molecule has 0 fully saturated rings. The third kappa shape index (κ3) is 3.92. The molecule has 0 saturated carbocycles. The van der Waals surface area contributed by atoms with Gasteiger partial charge in [-0.25, -0.2) is 4.68 Å². The Kier molecular flexibility index (Phi) is 5.67. The largest absolute Gasteiger partial charge is 0.303 e. The lowest BCUT2D eigenvalue weighted by molar-refractivity contribution is 0.0974. The number of carbonyl (C=O) groups is 1. The van der Waals surface area contributed by atoms with Crippen molar-refractivity contribution in [2.45, 2.75) is 52.0 Å². The first kappa shape index (κ1) is 19.6. The Balaban J connectivity index is 1.82. The molecule has 5 nitrogen and oxygen atoms in total. The van der Waals surface area contributed by atoms with Gasteiger partial charge in [-0.05, 0) is 75.9 Å². The Labute approximate surface area is 176 Å². The molecule has 0 unspecified atom stereocenters. The molecule has 3 aromatic rings. The fourth-order valence-electron chi connectivity index (χ4n) is 4.00. The van der Waals surface area contributed by atoms with Gasteiger partial charge in [0.15, 0.2) is 5.69 Å². The molecule has 2 aromatic heterocycles. The minimum Gasteiger partial charge on any atom is -0.303 e. The molecule has 0 aliphatic heterocycles. The van der Waals surface area contributed by atoms with Gasteiger partial charge in [0.1, 0.15) is 0 Å². The Morgan fingerprint density at radius 2 is 1.86 bits per heavy atom. The van der Waals surface area contributed by atoms with Crippen molar-refractivity contribution in [2.24, 2.45) is 0 Å². The number of anilines is 1. The Hall–Kier alpha value is -2.66. The van der Waals surface area contributed by atoms with E-state index in [2.05, 4.69) is 4.98 Å². The summed E-state index contributed by atoms with van der Waals surface area (Å²) < 4.78 is 1.94. The zero-order valence-corrected chi connectivity index (χ0v) is 17.6. The molecule has 0 saturated heterocycles. The van der Waals surface area contributed by atoms with E-state index in [9.17, 15) is 4.79 Å². The van der Waals surface area contributed by atoms with Gasteiger partial charge < -0.3 is 4.90 Å². The number of nitrogens with zero attached hydrogens (tertiary/aromatic N) is 4. The van der Waals surface area contributed by atoms with Crippen LogP contribution in [-0.4, -0.2) is 26.7 Å². The molecule has 29 heavy (non-hydrogen) atoms. The molecule has 1 aliphatic rings. The number of carbonyl (C=O) groups excluding carboxylic acids is 1. The van der Waals surface area contributed by atoms with E-state index in [4.69, 9.17) is 16.7 Å². The average molecular weight is 409 g/mol. The summed E-state index contributed by atoms with van der Waals surface area (Å²) in [6, 6.07) is 11.4. The average Bonchev–Trinajstić information content (AvgIpc) is 2.90. The van der Waals surface area contributed by atoms with Crippen LogP contribution in [0.5, 0.6) is 0 Å². The maximum atomic E-state index is 13.7. The van der Waals surface area contributed by atoms with Gasteiger partial charge in [0.05, 0.1) is 17.6 Å². The smallest absolute Gasteiger partial charge is 0.279 e. The second kappa shape index (κ2) is 8.37. The van der Waals surface area contributed by atoms with E-state index in [1.807, 2.05) is 54.9 Å². The molecular formula is C23H25ClN4O. The van der Waals surface area contributed by atoms with Gasteiger partial charge >= 0.3 is 0 Å². The quantitative estimate of drug-likeness (QED) is 0.554. The van der Waals surface area contributed by atoms with Crippen LogP contribution in [0.2, 0.25) is 5.02 Å². The van der Waals surface area contributed by atoms with E-state index in [1.165, 1.54) is 6.42 Å². The molecule has 2 heterocycles. The van der Waals surface area contributed by atoms with E-state index in [0.717, 1.165) is 48.3 Å². The predicted octanol–water partition coefficient (Wildman–Crippen LogP) is 5.24. The van der Waals surface area contributed by atoms with Crippen molar-refractivity contribution >= 4 is 23.2 Å². The van der Waals surface area contributed by atoms with Gasteiger partial charge in [0, 0.05) is 28.5 Å². The minimum absolute atomic E-state index is 0.00573. The molecule has 0 atom stereocenters. The third-order valence-corrected chi connectivity index (χ3v) is 5.62. The van der Waals surface area contributed by atoms with Crippen LogP contribution in [0, 0.1) is 0 Å². The van der Waals surface area contributed by atoms with E-state index < -0.39 is 0 Å². The highest BCUT2D eigenvalue weighted by atomic mass is 35.5. The highest BCUT2D eigenvalue weighted by Crippen LogP contribution is 2.29. The second-order valence-corrected chi connectivity index (χ2v) is 8.14. The first-order chi connectivity index (χ1) is 14.1. The number of hydrogen-bond donors (Lipinski definition) is 0. The molecule has 150 valence electrons. The van der Waals surface area contributed by atoms with Gasteiger partial charge in [-0.3, -0.25) is 9.78 Å². The van der Waals surface area contributed by atoms with Crippen LogP contribution in [0.4, 0.5) is 5.69 Å². The van der Waals surface area contributed by atoms with Crippen molar-refractivity contribution < 1.29 is 4.79 Å². The van der Waals surface area contributed by atoms with E-state index in [1.54, 1.807) is 17.3 Å². The summed E-state index contributed by atoms with van der Waals surface area (Å²) in [7, 11) is 0. The Bertz CT molecular complexity index is 996. The van der Waals surface area contributed by atoms with Crippen LogP contribution >= 0.6 is 11.6 Å². The normalized spacial score (nSPS) is 13.8. The summed E-state index contributed by atoms with van der Waals surface area (Å²) in [5.41, 5.74) is 4.49. The summed E-state index contributed by atoms with van der Waals surface area (Å²) in [5, 5.41) is 5.51. The number of benzene rings is 1. The van der Waals surface area contributed by atoms with Crippen LogP contribution in [0.25, 0.3) is 5.69 Å². The summed E-state index contributed by atoms with van der Waals surface area (Å²) in [6.45, 7) is 4.03. The fourth-order valence-corrected chi connectivity index (χ4v) is 4.13. The lowest BCUT2D eigenvalue weighted by Crippen LogP contribution is -2.38. The highest BCUT2D eigenvalue weighted by molar-refractivity contribution is 6.30. The second-order valence-electron chi connectivity index (χ2n) is 7.70. The molecule has 0 spiro atoms. The number of aromatic nitrogens is 3. The van der Waals surface area contributed by atoms with Crippen molar-refractivity contribution in [1.29, 1.82) is 0 Å². The number of fused-ring (bicyclic) bond motifs is 1. The zero-order chi connectivity index (χ0) is 20.4. The van der Waals surface area contributed by atoms with Gasteiger partial charge in [-0.1, -0.05) is 18.0 Å². The van der Waals surface area contributed by atoms with E-state index >= 15 is 0 Å². The lowest BCUT2D eigenvalue weighted by atomic mass is 10.1. The first-order valence-corrected chi connectivity index (χ1v) is 10.5. The summed E-state index contributed by atoms with van der Waals surface area (Å²) in [6.07, 6.45) is 8.60. The van der Waals surface area contributed by atoms with Crippen molar-refractivity contribution in [3.05, 3.63) is 70.8 Å². The molecule has 0 bridgehead atoms. The topological polar surface area (TPSA) is 51.0 Å². The summed E-state index contributed by atoms with van der Waals surface area (Å²) in [4.78, 5) is 19.7. The Morgan fingerprint density at radius 3 is 2.55 bits per heavy atom. The molecule has 1 aromatic carbocycles. The van der Waals surface area contributed by atoms with Crippen molar-refractivity contribution in [3.63, 3.8) is 0 Å². The van der Waals surface area contributed by atoms with E-state index in [0.29, 0.717) is 10.7 Å². The van der Waals surface area contributed by atoms with Gasteiger partial charge in [-0.15, -0.1) is 0 Å². The van der Waals surface area contributed by atoms with Crippen molar-refractivity contribution in [3.8, 4) is 5.69 Å². The standard InChI is InChI=1S/C23H25ClN4O/c1-16(2)27(19-7-6-14-25-15-19)23(29)22-20-8-4-3-5-9-21(20)28(26-22)18-12-10-17(24)11-13-18/h6-7,10-16H,3-5,8-9H2,1-2H3. The predicted molar refractivity (Wildman–Crippen MR) is 116 cm³/mol. The number of rotatable bonds is 4. The van der Waals surface area contributed by atoms with E-state index in [-0.39, 0.29) is 11.9 Å². The number of pyridine rings is 1. The van der Waals surface area contributed by atoms with Crippen LogP contribution in [0.15, 0.2) is 48.8 Å². The van der Waals surface area contributed by atoms with Crippen molar-refractivity contribution in [2.75, 3.05) is 4.90 Å². The monoisotopic (exact) mass is 408 g/mol. The van der Waals surface area contributed by atoms with Gasteiger partial charge in [-0.2, -0.15) is 5.10 Å². The molecular weight excluding hydrogens is 384 g/mol. The first-order valence-electron chi connectivity index (χ1n) is 10.2. The summed E-state index contributed by atoms with van der Waals surface area (Å²) in [5.74, 6) is -0.0705. The molecule has 1 aliphatic carbocycles. The highest BCUT2D eigenvalue weighted by Gasteiger charge is 2.30. The molecule has 4 rings (SSSR count). The van der Waals surface area contributed by atoms with Crippen LogP contribution in [0.3, 0.4) is 0 Å². The molecule has 0 N–H and O–H groups in total. The van der Waals surface area contributed by atoms with Gasteiger partial charge in [0.25, 0.3) is 5.91 Å². The minimum atomic E-state index is -0.0705. The number of amides is 1. The molecule has 0 radical (unpaired) electrons. The number of hydrogen-bond acceptors (Lipinski definition) is 3. The lowest BCUT2D eigenvalue weighted by Gasteiger charge is -2.26. The number of halogens is 1. The third-order valence-electron chi connectivity index (χ3n) is 5.36. The molecule has 1 amide bonds. The molecule has 6 heteroatoms. The van der Waals surface area contributed by atoms with Crippen LogP contribution in [0.1, 0.15) is 54.9 Å². The maximum absolute atomic E-state index is 13.7. The SMILES string of the molecule is CC(C)N(C(=O)c1nn(-c2ccc(Cl)cc2)c2c1CCCCC2)c1cccnc1.